The highest BCUT2D eigenvalue weighted by Crippen LogP contribution is 2.40. The van der Waals surface area contributed by atoms with Crippen molar-refractivity contribution in [3.63, 3.8) is 0 Å². The van der Waals surface area contributed by atoms with Gasteiger partial charge in [0, 0.05) is 76.3 Å². The van der Waals surface area contributed by atoms with Gasteiger partial charge < -0.3 is 43.8 Å². The van der Waals surface area contributed by atoms with E-state index in [0.717, 1.165) is 19.3 Å². The Balaban J connectivity index is 1.46. The molecule has 53 heavy (non-hydrogen) atoms. The third kappa shape index (κ3) is 15.3. The molecule has 4 rings (SSSR count). The second-order valence-electron chi connectivity index (χ2n) is 13.2. The Kier molecular flexibility index (Phi) is 16.2. The lowest BCUT2D eigenvalue weighted by atomic mass is 9.83. The maximum Gasteiger partial charge on any atom is 0.239 e. The molecule has 0 bridgehead atoms. The van der Waals surface area contributed by atoms with E-state index in [1.165, 1.54) is 12.2 Å². The molecule has 0 saturated carbocycles. The molecular weight excluding hydrogens is 713 g/mol. The van der Waals surface area contributed by atoms with Crippen LogP contribution in [-0.4, -0.2) is 52.6 Å². The number of carbonyl (C=O) groups excluding carboxylic acids is 5. The van der Waals surface area contributed by atoms with E-state index in [9.17, 15) is 24.0 Å². The highest BCUT2D eigenvalue weighted by atomic mass is 33.1. The largest absolute Gasteiger partial charge is 0.399 e. The molecule has 0 spiro atoms. The van der Waals surface area contributed by atoms with Crippen LogP contribution < -0.4 is 43.8 Å². The quantitative estimate of drug-likeness (QED) is 0.0400. The highest BCUT2D eigenvalue weighted by molar-refractivity contribution is 8.77. The van der Waals surface area contributed by atoms with Gasteiger partial charge in [0.25, 0.3) is 0 Å². The van der Waals surface area contributed by atoms with Crippen LogP contribution in [0.1, 0.15) is 70.6 Å². The summed E-state index contributed by atoms with van der Waals surface area (Å²) in [7, 11) is 3.80. The van der Waals surface area contributed by atoms with E-state index in [4.69, 9.17) is 17.2 Å². The fourth-order valence-corrected chi connectivity index (χ4v) is 9.00. The van der Waals surface area contributed by atoms with Crippen molar-refractivity contribution >= 4 is 85.2 Å². The molecule has 13 nitrogen and oxygen atoms in total. The molecular formula is C38H50N8O5S2. The first-order chi connectivity index (χ1) is 25.5. The molecule has 5 amide bonds. The van der Waals surface area contributed by atoms with Crippen molar-refractivity contribution in [2.24, 2.45) is 0 Å². The van der Waals surface area contributed by atoms with E-state index in [0.29, 0.717) is 45.8 Å². The minimum Gasteiger partial charge on any atom is -0.399 e. The lowest BCUT2D eigenvalue weighted by Gasteiger charge is -2.35. The number of nitrogens with one attached hydrogen (secondary N) is 5. The topological polar surface area (TPSA) is 224 Å². The first kappa shape index (κ1) is 40.9. The minimum absolute atomic E-state index is 0.0487. The molecule has 1 fully saturated rings. The number of amides is 5. The molecule has 284 valence electrons. The van der Waals surface area contributed by atoms with Crippen molar-refractivity contribution in [1.82, 2.24) is 10.6 Å². The van der Waals surface area contributed by atoms with E-state index >= 15 is 0 Å². The summed E-state index contributed by atoms with van der Waals surface area (Å²) in [6, 6.07) is 20.3. The molecule has 1 aliphatic rings. The summed E-state index contributed by atoms with van der Waals surface area (Å²) in [5.41, 5.74) is 19.4. The Morgan fingerprint density at radius 2 is 1.09 bits per heavy atom. The van der Waals surface area contributed by atoms with Crippen LogP contribution in [0.3, 0.4) is 0 Å². The molecule has 1 aliphatic heterocycles. The summed E-state index contributed by atoms with van der Waals surface area (Å²) in [5, 5.41) is 14.8. The zero-order chi connectivity index (χ0) is 38.1. The molecule has 1 atom stereocenters. The maximum atomic E-state index is 13.5. The van der Waals surface area contributed by atoms with Gasteiger partial charge in [0.15, 0.2) is 0 Å². The zero-order valence-electron chi connectivity index (χ0n) is 29.8. The van der Waals surface area contributed by atoms with Crippen molar-refractivity contribution < 1.29 is 24.0 Å². The van der Waals surface area contributed by atoms with Crippen molar-refractivity contribution in [2.45, 2.75) is 81.4 Å². The fraction of sp³-hybridized carbons (Fsp3) is 0.395. The highest BCUT2D eigenvalue weighted by Gasteiger charge is 2.34. The lowest BCUT2D eigenvalue weighted by Crippen LogP contribution is -2.52. The molecule has 11 N–H and O–H groups in total. The van der Waals surface area contributed by atoms with Gasteiger partial charge in [-0.3, -0.25) is 24.0 Å². The summed E-state index contributed by atoms with van der Waals surface area (Å²) in [6.07, 6.45) is 4.36. The van der Waals surface area contributed by atoms with Gasteiger partial charge in [-0.05, 0) is 93.1 Å². The Morgan fingerprint density at radius 1 is 0.623 bits per heavy atom. The van der Waals surface area contributed by atoms with E-state index in [1.807, 2.05) is 21.6 Å². The van der Waals surface area contributed by atoms with Crippen LogP contribution >= 0.6 is 21.6 Å². The number of carbonyl (C=O) groups is 5. The van der Waals surface area contributed by atoms with Gasteiger partial charge in [0.1, 0.15) is 0 Å². The average molecular weight is 763 g/mol. The van der Waals surface area contributed by atoms with E-state index in [-0.39, 0.29) is 68.7 Å². The normalized spacial score (nSPS) is 13.8. The number of rotatable bonds is 20. The van der Waals surface area contributed by atoms with Gasteiger partial charge in [-0.2, -0.15) is 0 Å². The Hall–Kier alpha value is -4.89. The minimum atomic E-state index is -1.19. The van der Waals surface area contributed by atoms with Crippen LogP contribution in [0.5, 0.6) is 0 Å². The zero-order valence-corrected chi connectivity index (χ0v) is 31.4. The van der Waals surface area contributed by atoms with Crippen LogP contribution in [0.4, 0.5) is 34.1 Å². The number of hydrogen-bond donors (Lipinski definition) is 8. The van der Waals surface area contributed by atoms with Crippen molar-refractivity contribution in [3.05, 3.63) is 72.8 Å². The van der Waals surface area contributed by atoms with Gasteiger partial charge in [-0.1, -0.05) is 46.2 Å². The molecule has 3 aromatic carbocycles. The van der Waals surface area contributed by atoms with Gasteiger partial charge in [0.05, 0.1) is 6.54 Å². The van der Waals surface area contributed by atoms with Crippen LogP contribution in [0, 0.1) is 0 Å². The molecule has 1 heterocycles. The first-order valence-electron chi connectivity index (χ1n) is 17.8. The number of benzene rings is 3. The molecule has 1 unspecified atom stereocenters. The van der Waals surface area contributed by atoms with Crippen LogP contribution in [-0.2, 0) is 24.0 Å². The predicted molar refractivity (Wildman–Crippen MR) is 217 cm³/mol. The molecule has 1 saturated heterocycles. The van der Waals surface area contributed by atoms with Crippen molar-refractivity contribution in [2.75, 3.05) is 45.4 Å². The summed E-state index contributed by atoms with van der Waals surface area (Å²) in [5.74, 6) is -0.592. The van der Waals surface area contributed by atoms with Crippen molar-refractivity contribution in [3.8, 4) is 0 Å². The predicted octanol–water partition coefficient (Wildman–Crippen LogP) is 5.68. The van der Waals surface area contributed by atoms with Gasteiger partial charge in [0.2, 0.25) is 29.5 Å². The number of nitrogens with two attached hydrogens (primary N) is 3. The monoisotopic (exact) mass is 762 g/mol. The SMILES string of the molecule is Nc1cccc(NC(=O)CCC(CCC(=O)Nc2cccc(N)c2)(CCC(=O)Nc2cccc(N)c2)NC(=O)CNC(=O)CCCCC2CCSS2)c1. The number of unbranched alkanes of at least 4 members (excludes halogenated alkanes) is 1. The van der Waals surface area contributed by atoms with E-state index in [2.05, 4.69) is 26.6 Å². The maximum absolute atomic E-state index is 13.5. The summed E-state index contributed by atoms with van der Waals surface area (Å²) >= 11 is 0. The summed E-state index contributed by atoms with van der Waals surface area (Å²) in [4.78, 5) is 65.8. The smallest absolute Gasteiger partial charge is 0.239 e. The second-order valence-corrected chi connectivity index (χ2v) is 16.0. The van der Waals surface area contributed by atoms with Gasteiger partial charge in [-0.15, -0.1) is 0 Å². The molecule has 15 heteroatoms. The standard InChI is InChI=1S/C38H50N8O5S2/c39-26-6-3-9-29(22-26)43-34(48)14-18-38(19-15-35(49)44-30-10-4-7-27(40)23-30,20-16-36(50)45-31-11-5-8-28(41)24-31)46-37(51)25-42-33(47)13-2-1-12-32-17-21-52-53-32/h3-11,22-24,32H,1-2,12-21,25,39-41H2,(H,42,47)(H,43,48)(H,44,49)(H,45,50)(H,46,51). The van der Waals surface area contributed by atoms with Crippen LogP contribution in [0.15, 0.2) is 72.8 Å². The second kappa shape index (κ2) is 21.0. The fourth-order valence-electron chi connectivity index (χ4n) is 5.97. The van der Waals surface area contributed by atoms with Gasteiger partial charge in [-0.25, -0.2) is 0 Å². The van der Waals surface area contributed by atoms with E-state index in [1.54, 1.807) is 72.8 Å². The van der Waals surface area contributed by atoms with Crippen LogP contribution in [0.25, 0.3) is 0 Å². The van der Waals surface area contributed by atoms with Gasteiger partial charge >= 0.3 is 0 Å². The average Bonchev–Trinajstić information content (AvgIpc) is 3.64. The molecule has 3 aromatic rings. The third-order valence-corrected chi connectivity index (χ3v) is 11.8. The first-order valence-corrected chi connectivity index (χ1v) is 20.2. The summed E-state index contributed by atoms with van der Waals surface area (Å²) in [6.45, 7) is -0.295. The Bertz CT molecular complexity index is 1570. The molecule has 0 radical (unpaired) electrons. The Labute approximate surface area is 318 Å². The Morgan fingerprint density at radius 3 is 1.51 bits per heavy atom. The number of nitrogen functional groups attached to an aromatic ring is 3. The summed E-state index contributed by atoms with van der Waals surface area (Å²) < 4.78 is 0. The van der Waals surface area contributed by atoms with E-state index < -0.39 is 11.4 Å². The number of hydrogen-bond acceptors (Lipinski definition) is 10. The lowest BCUT2D eigenvalue weighted by molar-refractivity contribution is -0.128. The molecule has 0 aromatic heterocycles. The third-order valence-electron chi connectivity index (χ3n) is 8.76. The van der Waals surface area contributed by atoms with Crippen LogP contribution in [0.2, 0.25) is 0 Å². The molecule has 0 aliphatic carbocycles. The number of anilines is 6. The van der Waals surface area contributed by atoms with Crippen molar-refractivity contribution in [1.29, 1.82) is 0 Å².